The molecule has 0 aliphatic carbocycles. The van der Waals surface area contributed by atoms with E-state index < -0.39 is 0 Å². The summed E-state index contributed by atoms with van der Waals surface area (Å²) in [6.07, 6.45) is 0. The minimum Gasteiger partial charge on any atom is -0.392 e. The van der Waals surface area contributed by atoms with Crippen LogP contribution < -0.4 is 10.2 Å². The van der Waals surface area contributed by atoms with Gasteiger partial charge in [-0.3, -0.25) is 0 Å². The second kappa shape index (κ2) is 7.21. The zero-order valence-electron chi connectivity index (χ0n) is 15.5. The number of anilines is 2. The molecule has 2 aromatic carbocycles. The fourth-order valence-electron chi connectivity index (χ4n) is 3.22. The van der Waals surface area contributed by atoms with Crippen LogP contribution in [0.25, 0.3) is 21.8 Å². The second-order valence-corrected chi connectivity index (χ2v) is 6.75. The van der Waals surface area contributed by atoms with Crippen LogP contribution in [0.1, 0.15) is 11.1 Å². The highest BCUT2D eigenvalue weighted by Gasteiger charge is 2.10. The maximum absolute atomic E-state index is 9.77. The lowest BCUT2D eigenvalue weighted by Crippen LogP contribution is -2.12. The van der Waals surface area contributed by atoms with Gasteiger partial charge in [-0.1, -0.05) is 36.4 Å². The van der Waals surface area contributed by atoms with Gasteiger partial charge in [0.25, 0.3) is 0 Å². The van der Waals surface area contributed by atoms with Crippen molar-refractivity contribution in [2.45, 2.75) is 13.2 Å². The van der Waals surface area contributed by atoms with Crippen LogP contribution in [0.4, 0.5) is 11.6 Å². The van der Waals surface area contributed by atoms with Gasteiger partial charge in [0.05, 0.1) is 17.6 Å². The highest BCUT2D eigenvalue weighted by molar-refractivity contribution is 5.85. The molecule has 0 amide bonds. The number of nitrogens with one attached hydrogen (secondary N) is 1. The molecular weight excluding hydrogens is 336 g/mol. The number of aromatic nitrogens is 2. The molecule has 0 unspecified atom stereocenters. The monoisotopic (exact) mass is 358 g/mol. The van der Waals surface area contributed by atoms with E-state index in [4.69, 9.17) is 9.97 Å². The third-order valence-electron chi connectivity index (χ3n) is 4.67. The summed E-state index contributed by atoms with van der Waals surface area (Å²) in [5, 5.41) is 15.3. The lowest BCUT2D eigenvalue weighted by atomic mass is 10.1. The second-order valence-electron chi connectivity index (χ2n) is 6.75. The molecule has 0 saturated heterocycles. The lowest BCUT2D eigenvalue weighted by molar-refractivity contribution is 0.282. The van der Waals surface area contributed by atoms with E-state index in [0.717, 1.165) is 38.8 Å². The van der Waals surface area contributed by atoms with Crippen molar-refractivity contribution in [3.63, 3.8) is 0 Å². The first-order valence-corrected chi connectivity index (χ1v) is 8.95. The predicted molar refractivity (Wildman–Crippen MR) is 111 cm³/mol. The number of hydrogen-bond acceptors (Lipinski definition) is 5. The average molecular weight is 358 g/mol. The van der Waals surface area contributed by atoms with Crippen LogP contribution in [0, 0.1) is 0 Å². The van der Waals surface area contributed by atoms with E-state index in [9.17, 15) is 5.11 Å². The molecular formula is C22H22N4O. The molecule has 0 fully saturated rings. The van der Waals surface area contributed by atoms with Gasteiger partial charge in [0.1, 0.15) is 11.6 Å². The van der Waals surface area contributed by atoms with Crippen LogP contribution >= 0.6 is 0 Å². The van der Waals surface area contributed by atoms with Gasteiger partial charge in [-0.2, -0.15) is 0 Å². The van der Waals surface area contributed by atoms with Crippen molar-refractivity contribution in [3.05, 3.63) is 71.8 Å². The molecule has 5 nitrogen and oxygen atoms in total. The average Bonchev–Trinajstić information content (AvgIpc) is 2.70. The molecule has 4 aromatic rings. The summed E-state index contributed by atoms with van der Waals surface area (Å²) in [6.45, 7) is 0.544. The molecule has 0 radical (unpaired) electrons. The zero-order valence-corrected chi connectivity index (χ0v) is 15.5. The summed E-state index contributed by atoms with van der Waals surface area (Å²) in [4.78, 5) is 11.4. The van der Waals surface area contributed by atoms with Crippen molar-refractivity contribution >= 4 is 33.4 Å². The number of rotatable bonds is 5. The number of nitrogens with zero attached hydrogens (tertiary/aromatic N) is 3. The van der Waals surface area contributed by atoms with E-state index >= 15 is 0 Å². The smallest absolute Gasteiger partial charge is 0.132 e. The quantitative estimate of drug-likeness (QED) is 0.566. The maximum Gasteiger partial charge on any atom is 0.132 e. The Bertz CT molecular complexity index is 1110. The van der Waals surface area contributed by atoms with Crippen molar-refractivity contribution in [3.8, 4) is 0 Å². The van der Waals surface area contributed by atoms with Gasteiger partial charge < -0.3 is 15.3 Å². The Balaban J connectivity index is 1.72. The van der Waals surface area contributed by atoms with E-state index in [1.807, 2.05) is 67.5 Å². The van der Waals surface area contributed by atoms with Gasteiger partial charge in [0.15, 0.2) is 0 Å². The molecule has 4 rings (SSSR count). The number of aliphatic hydroxyl groups excluding tert-OH is 1. The van der Waals surface area contributed by atoms with Gasteiger partial charge in [0, 0.05) is 37.0 Å². The number of pyridine rings is 2. The normalized spacial score (nSPS) is 11.1. The third-order valence-corrected chi connectivity index (χ3v) is 4.67. The van der Waals surface area contributed by atoms with Crippen molar-refractivity contribution < 1.29 is 5.11 Å². The first-order chi connectivity index (χ1) is 13.2. The number of hydrogen-bond donors (Lipinski definition) is 2. The van der Waals surface area contributed by atoms with Gasteiger partial charge in [-0.05, 0) is 29.8 Å². The molecule has 2 N–H and O–H groups in total. The van der Waals surface area contributed by atoms with Gasteiger partial charge in [-0.15, -0.1) is 0 Å². The lowest BCUT2D eigenvalue weighted by Gasteiger charge is -2.16. The number of benzene rings is 2. The number of fused-ring (bicyclic) bond motifs is 2. The van der Waals surface area contributed by atoms with Crippen molar-refractivity contribution in [1.82, 2.24) is 9.97 Å². The predicted octanol–water partition coefficient (Wildman–Crippen LogP) is 3.95. The minimum atomic E-state index is -0.0553. The molecule has 27 heavy (non-hydrogen) atoms. The van der Waals surface area contributed by atoms with Gasteiger partial charge >= 0.3 is 0 Å². The fourth-order valence-corrected chi connectivity index (χ4v) is 3.22. The van der Waals surface area contributed by atoms with E-state index in [1.165, 1.54) is 0 Å². The van der Waals surface area contributed by atoms with Crippen LogP contribution in [-0.4, -0.2) is 29.2 Å². The number of para-hydroxylation sites is 2. The Labute approximate surface area is 158 Å². The summed E-state index contributed by atoms with van der Waals surface area (Å²) < 4.78 is 0. The molecule has 5 heteroatoms. The molecule has 0 saturated carbocycles. The standard InChI is InChI=1S/C22H22N4O/c1-26(2)21-12-16(18-8-4-6-10-20(18)24-21)13-23-22-17(14-27)11-15-7-3-5-9-19(15)25-22/h3-12,27H,13-14H2,1-2H3,(H,23,25). The summed E-state index contributed by atoms with van der Waals surface area (Å²) >= 11 is 0. The van der Waals surface area contributed by atoms with E-state index in [0.29, 0.717) is 12.4 Å². The SMILES string of the molecule is CN(C)c1cc(CNc2nc3ccccc3cc2CO)c2ccccc2n1. The van der Waals surface area contributed by atoms with Crippen LogP contribution in [0.3, 0.4) is 0 Å². The molecule has 136 valence electrons. The Morgan fingerprint density at radius 2 is 1.63 bits per heavy atom. The highest BCUT2D eigenvalue weighted by Crippen LogP contribution is 2.25. The van der Waals surface area contributed by atoms with Crippen LogP contribution in [0.5, 0.6) is 0 Å². The zero-order chi connectivity index (χ0) is 18.8. The Morgan fingerprint density at radius 3 is 2.41 bits per heavy atom. The largest absolute Gasteiger partial charge is 0.392 e. The molecule has 0 spiro atoms. The van der Waals surface area contributed by atoms with Crippen molar-refractivity contribution in [2.24, 2.45) is 0 Å². The first kappa shape index (κ1) is 17.2. The minimum absolute atomic E-state index is 0.0553. The summed E-state index contributed by atoms with van der Waals surface area (Å²) in [5.41, 5.74) is 3.81. The summed E-state index contributed by atoms with van der Waals surface area (Å²) in [6, 6.07) is 20.1. The molecule has 0 aliphatic rings. The van der Waals surface area contributed by atoms with Crippen LogP contribution in [-0.2, 0) is 13.2 Å². The Morgan fingerprint density at radius 1 is 0.889 bits per heavy atom. The van der Waals surface area contributed by atoms with Crippen LogP contribution in [0.2, 0.25) is 0 Å². The van der Waals surface area contributed by atoms with E-state index in [-0.39, 0.29) is 6.61 Å². The first-order valence-electron chi connectivity index (χ1n) is 8.95. The Hall–Kier alpha value is -3.18. The topological polar surface area (TPSA) is 61.3 Å². The molecule has 0 aliphatic heterocycles. The highest BCUT2D eigenvalue weighted by atomic mass is 16.3. The van der Waals surface area contributed by atoms with Gasteiger partial charge in [0.2, 0.25) is 0 Å². The molecule has 0 atom stereocenters. The summed E-state index contributed by atoms with van der Waals surface area (Å²) in [7, 11) is 3.98. The third kappa shape index (κ3) is 3.41. The fraction of sp³-hybridized carbons (Fsp3) is 0.182. The maximum atomic E-state index is 9.77. The van der Waals surface area contributed by atoms with Gasteiger partial charge in [-0.25, -0.2) is 9.97 Å². The van der Waals surface area contributed by atoms with Crippen molar-refractivity contribution in [2.75, 3.05) is 24.3 Å². The van der Waals surface area contributed by atoms with E-state index in [2.05, 4.69) is 17.4 Å². The molecule has 2 aromatic heterocycles. The Kier molecular flexibility index (Phi) is 4.60. The van der Waals surface area contributed by atoms with E-state index in [1.54, 1.807) is 0 Å². The van der Waals surface area contributed by atoms with Crippen LogP contribution in [0.15, 0.2) is 60.7 Å². The number of aliphatic hydroxyl groups is 1. The van der Waals surface area contributed by atoms with Crippen molar-refractivity contribution in [1.29, 1.82) is 0 Å². The molecule has 0 bridgehead atoms. The summed E-state index contributed by atoms with van der Waals surface area (Å²) in [5.74, 6) is 1.63. The molecule has 2 heterocycles.